The van der Waals surface area contributed by atoms with Crippen LogP contribution in [0.2, 0.25) is 0 Å². The van der Waals surface area contributed by atoms with E-state index in [0.29, 0.717) is 0 Å². The lowest BCUT2D eigenvalue weighted by molar-refractivity contribution is -0.341. The first kappa shape index (κ1) is 34.0. The molecule has 0 saturated carbocycles. The first-order valence-corrected chi connectivity index (χ1v) is 13.2. The number of carbonyl (C=O) groups is 4. The number of aliphatic carboxylic acids is 1. The van der Waals surface area contributed by atoms with Crippen LogP contribution in [0.4, 0.5) is 0 Å². The zero-order valence-electron chi connectivity index (χ0n) is 23.5. The van der Waals surface area contributed by atoms with Crippen LogP contribution < -0.4 is 16.0 Å². The number of ether oxygens (including phenoxy) is 5. The van der Waals surface area contributed by atoms with Crippen molar-refractivity contribution in [1.82, 2.24) is 16.0 Å². The van der Waals surface area contributed by atoms with Crippen LogP contribution in [-0.4, -0.2) is 146 Å². The molecule has 0 spiro atoms. The third kappa shape index (κ3) is 7.51. The molecule has 3 heterocycles. The molecule has 3 saturated heterocycles. The zero-order valence-corrected chi connectivity index (χ0v) is 23.5. The maximum absolute atomic E-state index is 12.1. The highest BCUT2D eigenvalue weighted by Gasteiger charge is 2.54. The Morgan fingerprint density at radius 3 is 1.60 bits per heavy atom. The molecule has 3 amide bonds. The predicted octanol–water partition coefficient (Wildman–Crippen LogP) is -4.99. The van der Waals surface area contributed by atoms with Gasteiger partial charge in [-0.1, -0.05) is 0 Å². The molecule has 3 rings (SSSR count). The fourth-order valence-electron chi connectivity index (χ4n) is 5.17. The van der Waals surface area contributed by atoms with E-state index in [0.717, 1.165) is 13.8 Å². The van der Waals surface area contributed by atoms with E-state index in [1.54, 1.807) is 0 Å². The molecule has 18 nitrogen and oxygen atoms in total. The number of hydrogen-bond donors (Lipinski definition) is 9. The van der Waals surface area contributed by atoms with Crippen LogP contribution in [-0.2, 0) is 42.9 Å². The molecular weight excluding hydrogens is 570 g/mol. The molecule has 3 fully saturated rings. The number of carboxylic acids is 1. The monoisotopic (exact) mass is 609 g/mol. The minimum absolute atomic E-state index is 0.573. The topological polar surface area (TPSA) is 272 Å². The van der Waals surface area contributed by atoms with Gasteiger partial charge in [-0.3, -0.25) is 14.4 Å². The molecular formula is C24H39N3O15. The van der Waals surface area contributed by atoms with E-state index in [1.807, 2.05) is 0 Å². The summed E-state index contributed by atoms with van der Waals surface area (Å²) in [5.41, 5.74) is 0. The van der Waals surface area contributed by atoms with Crippen molar-refractivity contribution in [1.29, 1.82) is 0 Å². The molecule has 0 aromatic heterocycles. The number of aliphatic hydroxyl groups is 5. The van der Waals surface area contributed by atoms with Crippen molar-refractivity contribution in [3.05, 3.63) is 0 Å². The van der Waals surface area contributed by atoms with Crippen molar-refractivity contribution in [3.8, 4) is 0 Å². The maximum atomic E-state index is 12.1. The molecule has 0 aliphatic carbocycles. The van der Waals surface area contributed by atoms with Crippen LogP contribution in [0.3, 0.4) is 0 Å². The van der Waals surface area contributed by atoms with Crippen LogP contribution in [0.1, 0.15) is 34.6 Å². The van der Waals surface area contributed by atoms with E-state index in [9.17, 15) is 49.8 Å². The lowest BCUT2D eigenvalue weighted by Gasteiger charge is -2.49. The van der Waals surface area contributed by atoms with Gasteiger partial charge in [-0.15, -0.1) is 0 Å². The fraction of sp³-hybridized carbons (Fsp3) is 0.833. The third-order valence-corrected chi connectivity index (χ3v) is 7.18. The largest absolute Gasteiger partial charge is 0.479 e. The molecule has 0 bridgehead atoms. The SMILES string of the molecule is CC(=O)N[C@@H]1[C@H](O[C@H]2[C@@H](O)[C@H](NC(C)=O)[C@@H](O[C@@H]3[C@H](O)[C@H](C)OC(O)[C@H]3NC(C)=O)O[C@H]2C)O[C@H](C(=O)O)[C@@H](O)[C@@H]1O. The van der Waals surface area contributed by atoms with Crippen molar-refractivity contribution in [2.45, 2.75) is 127 Å². The van der Waals surface area contributed by atoms with Gasteiger partial charge < -0.3 is 70.3 Å². The summed E-state index contributed by atoms with van der Waals surface area (Å²) in [7, 11) is 0. The summed E-state index contributed by atoms with van der Waals surface area (Å²) < 4.78 is 28.3. The molecule has 0 aromatic rings. The number of hydrogen-bond acceptors (Lipinski definition) is 14. The van der Waals surface area contributed by atoms with Gasteiger partial charge in [0.05, 0.1) is 12.2 Å². The summed E-state index contributed by atoms with van der Waals surface area (Å²) in [6, 6.07) is -4.15. The molecule has 1 unspecified atom stereocenters. The van der Waals surface area contributed by atoms with Crippen LogP contribution in [0.25, 0.3) is 0 Å². The Morgan fingerprint density at radius 2 is 1.07 bits per heavy atom. The van der Waals surface area contributed by atoms with E-state index >= 15 is 0 Å². The van der Waals surface area contributed by atoms with E-state index in [-0.39, 0.29) is 0 Å². The molecule has 0 radical (unpaired) electrons. The van der Waals surface area contributed by atoms with Gasteiger partial charge in [-0.05, 0) is 13.8 Å². The van der Waals surface area contributed by atoms with E-state index < -0.39 is 116 Å². The first-order chi connectivity index (χ1) is 19.5. The summed E-state index contributed by atoms with van der Waals surface area (Å²) >= 11 is 0. The van der Waals surface area contributed by atoms with Gasteiger partial charge in [-0.2, -0.15) is 0 Å². The Bertz CT molecular complexity index is 1000. The van der Waals surface area contributed by atoms with E-state index in [2.05, 4.69) is 16.0 Å². The van der Waals surface area contributed by atoms with Gasteiger partial charge in [0.15, 0.2) is 25.0 Å². The van der Waals surface area contributed by atoms with Gasteiger partial charge in [-0.25, -0.2) is 4.79 Å². The Balaban J connectivity index is 1.88. The number of aliphatic hydroxyl groups excluding tert-OH is 5. The second-order valence-electron chi connectivity index (χ2n) is 10.5. The van der Waals surface area contributed by atoms with E-state index in [1.165, 1.54) is 20.8 Å². The first-order valence-electron chi connectivity index (χ1n) is 13.2. The zero-order chi connectivity index (χ0) is 31.6. The average Bonchev–Trinajstić information content (AvgIpc) is 2.87. The van der Waals surface area contributed by atoms with Crippen molar-refractivity contribution in [2.24, 2.45) is 0 Å². The summed E-state index contributed by atoms with van der Waals surface area (Å²) in [6.07, 6.45) is -18.4. The summed E-state index contributed by atoms with van der Waals surface area (Å²) in [5.74, 6) is -3.51. The fourth-order valence-corrected chi connectivity index (χ4v) is 5.17. The van der Waals surface area contributed by atoms with Gasteiger partial charge in [0.25, 0.3) is 0 Å². The van der Waals surface area contributed by atoms with Crippen molar-refractivity contribution in [3.63, 3.8) is 0 Å². The number of rotatable bonds is 8. The molecule has 42 heavy (non-hydrogen) atoms. The minimum atomic E-state index is -1.96. The normalized spacial score (nSPS) is 44.1. The summed E-state index contributed by atoms with van der Waals surface area (Å²) in [4.78, 5) is 47.2. The average molecular weight is 610 g/mol. The Labute approximate surface area is 240 Å². The van der Waals surface area contributed by atoms with Crippen LogP contribution in [0.15, 0.2) is 0 Å². The van der Waals surface area contributed by atoms with Crippen LogP contribution in [0, 0.1) is 0 Å². The lowest BCUT2D eigenvalue weighted by Crippen LogP contribution is -2.70. The molecule has 240 valence electrons. The number of nitrogens with one attached hydrogen (secondary N) is 3. The quantitative estimate of drug-likeness (QED) is 0.125. The molecule has 18 heteroatoms. The Morgan fingerprint density at radius 1 is 0.595 bits per heavy atom. The third-order valence-electron chi connectivity index (χ3n) is 7.18. The minimum Gasteiger partial charge on any atom is -0.479 e. The molecule has 9 N–H and O–H groups in total. The molecule has 15 atom stereocenters. The molecule has 3 aliphatic rings. The maximum Gasteiger partial charge on any atom is 0.335 e. The second-order valence-corrected chi connectivity index (χ2v) is 10.5. The number of carboxylic acid groups (broad SMARTS) is 1. The van der Waals surface area contributed by atoms with Gasteiger partial charge >= 0.3 is 5.97 Å². The second kappa shape index (κ2) is 13.8. The Hall–Kier alpha value is -2.52. The summed E-state index contributed by atoms with van der Waals surface area (Å²) in [6.45, 7) is 6.29. The van der Waals surface area contributed by atoms with Gasteiger partial charge in [0.1, 0.15) is 54.7 Å². The number of carbonyl (C=O) groups excluding carboxylic acids is 3. The Kier molecular flexibility index (Phi) is 11.2. The smallest absolute Gasteiger partial charge is 0.335 e. The number of amides is 3. The highest BCUT2D eigenvalue weighted by Crippen LogP contribution is 2.32. The van der Waals surface area contributed by atoms with Crippen LogP contribution >= 0.6 is 0 Å². The standard InChI is InChI=1S/C24H39N3O15/c1-6-14(31)19(13(22(37)38-6)27-10(5)30)41-23-12(26-9(4)29)16(33)18(7(2)39-23)40-24-11(25-8(3)28)15(32)17(34)20(42-24)21(35)36/h6-7,11-20,22-24,31-34,37H,1-5H3,(H,25,28)(H,26,29)(H,27,30)(H,35,36)/t6-,7-,11-,12-,13-,14+,15+,16-,17-,18+,19-,20-,22?,23+,24+/m0/s1. The predicted molar refractivity (Wildman–Crippen MR) is 134 cm³/mol. The van der Waals surface area contributed by atoms with E-state index in [4.69, 9.17) is 23.7 Å². The van der Waals surface area contributed by atoms with Crippen molar-refractivity contribution in [2.75, 3.05) is 0 Å². The summed E-state index contributed by atoms with van der Waals surface area (Å²) in [5, 5.41) is 69.9. The highest BCUT2D eigenvalue weighted by molar-refractivity contribution is 5.75. The van der Waals surface area contributed by atoms with Gasteiger partial charge in [0, 0.05) is 20.8 Å². The highest BCUT2D eigenvalue weighted by atomic mass is 16.7. The molecule has 0 aromatic carbocycles. The van der Waals surface area contributed by atoms with Gasteiger partial charge in [0.2, 0.25) is 17.7 Å². The van der Waals surface area contributed by atoms with Crippen molar-refractivity contribution < 1.29 is 73.5 Å². The van der Waals surface area contributed by atoms with Crippen molar-refractivity contribution >= 4 is 23.7 Å². The van der Waals surface area contributed by atoms with Crippen LogP contribution in [0.5, 0.6) is 0 Å². The molecule has 3 aliphatic heterocycles. The lowest BCUT2D eigenvalue weighted by atomic mass is 9.94.